The van der Waals surface area contributed by atoms with Crippen LogP contribution in [0.2, 0.25) is 5.02 Å². The van der Waals surface area contributed by atoms with Gasteiger partial charge in [-0.1, -0.05) is 23.7 Å². The summed E-state index contributed by atoms with van der Waals surface area (Å²) < 4.78 is 17.2. The predicted octanol–water partition coefficient (Wildman–Crippen LogP) is 3.85. The van der Waals surface area contributed by atoms with Crippen LogP contribution in [-0.4, -0.2) is 49.6 Å². The molecule has 0 aromatic heterocycles. The number of carbonyl (C=O) groups excluding carboxylic acids is 2. The van der Waals surface area contributed by atoms with E-state index in [2.05, 4.69) is 5.32 Å². The maximum absolute atomic E-state index is 13.6. The van der Waals surface area contributed by atoms with Crippen molar-refractivity contribution in [3.63, 3.8) is 0 Å². The molecule has 2 amide bonds. The third-order valence-corrected chi connectivity index (χ3v) is 5.03. The van der Waals surface area contributed by atoms with Gasteiger partial charge in [0.15, 0.2) is 11.5 Å². The molecule has 166 valence electrons. The van der Waals surface area contributed by atoms with Crippen molar-refractivity contribution in [3.05, 3.63) is 52.5 Å². The molecule has 0 saturated carbocycles. The standard InChI is InChI=1S/C23H27ClN2O5/c1-4-29-18-13-16(14-19(30-5-2)21(18)31-6-3)23(28)26-11-10-25-22(27)20(26)15-8-7-9-17(24)12-15/h7-9,12-14,20H,4-6,10-11H2,1-3H3,(H,25,27). The second-order valence-corrected chi connectivity index (χ2v) is 7.28. The van der Waals surface area contributed by atoms with Crippen LogP contribution < -0.4 is 19.5 Å². The Morgan fingerprint density at radius 2 is 1.71 bits per heavy atom. The number of piperazine rings is 1. The molecule has 7 nitrogen and oxygen atoms in total. The molecule has 1 heterocycles. The first-order valence-corrected chi connectivity index (χ1v) is 10.8. The average molecular weight is 447 g/mol. The number of hydrogen-bond donors (Lipinski definition) is 1. The minimum absolute atomic E-state index is 0.247. The van der Waals surface area contributed by atoms with Gasteiger partial charge in [-0.25, -0.2) is 0 Å². The van der Waals surface area contributed by atoms with Crippen LogP contribution in [0.25, 0.3) is 0 Å². The van der Waals surface area contributed by atoms with Crippen LogP contribution in [-0.2, 0) is 4.79 Å². The number of nitrogens with one attached hydrogen (secondary N) is 1. The molecule has 2 aromatic rings. The molecule has 8 heteroatoms. The Morgan fingerprint density at radius 3 is 2.29 bits per heavy atom. The number of benzene rings is 2. The summed E-state index contributed by atoms with van der Waals surface area (Å²) in [5, 5.41) is 3.33. The van der Waals surface area contributed by atoms with Crippen molar-refractivity contribution >= 4 is 23.4 Å². The van der Waals surface area contributed by atoms with Crippen molar-refractivity contribution in [1.82, 2.24) is 10.2 Å². The van der Waals surface area contributed by atoms with Gasteiger partial charge >= 0.3 is 0 Å². The molecule has 2 aromatic carbocycles. The smallest absolute Gasteiger partial charge is 0.255 e. The first-order valence-electron chi connectivity index (χ1n) is 10.4. The van der Waals surface area contributed by atoms with Crippen LogP contribution in [0, 0.1) is 0 Å². The van der Waals surface area contributed by atoms with Gasteiger partial charge < -0.3 is 24.4 Å². The van der Waals surface area contributed by atoms with Gasteiger partial charge in [-0.2, -0.15) is 0 Å². The molecule has 31 heavy (non-hydrogen) atoms. The summed E-state index contributed by atoms with van der Waals surface area (Å²) in [6.07, 6.45) is 0. The van der Waals surface area contributed by atoms with E-state index in [9.17, 15) is 9.59 Å². The minimum Gasteiger partial charge on any atom is -0.490 e. The summed E-state index contributed by atoms with van der Waals surface area (Å²) in [5.41, 5.74) is 1.01. The van der Waals surface area contributed by atoms with Gasteiger partial charge in [0.1, 0.15) is 6.04 Å². The fourth-order valence-electron chi connectivity index (χ4n) is 3.57. The second-order valence-electron chi connectivity index (χ2n) is 6.85. The highest BCUT2D eigenvalue weighted by atomic mass is 35.5. The van der Waals surface area contributed by atoms with Crippen molar-refractivity contribution < 1.29 is 23.8 Å². The minimum atomic E-state index is -0.780. The third kappa shape index (κ3) is 5.05. The molecule has 1 unspecified atom stereocenters. The Kier molecular flexibility index (Phi) is 7.63. The molecule has 1 atom stereocenters. The van der Waals surface area contributed by atoms with Gasteiger partial charge in [-0.15, -0.1) is 0 Å². The summed E-state index contributed by atoms with van der Waals surface area (Å²) in [6.45, 7) is 7.55. The quantitative estimate of drug-likeness (QED) is 0.666. The molecule has 0 bridgehead atoms. The van der Waals surface area contributed by atoms with Crippen molar-refractivity contribution in [2.24, 2.45) is 0 Å². The van der Waals surface area contributed by atoms with Crippen LogP contribution >= 0.6 is 11.6 Å². The highest BCUT2D eigenvalue weighted by molar-refractivity contribution is 6.30. The topological polar surface area (TPSA) is 77.1 Å². The van der Waals surface area contributed by atoms with Crippen molar-refractivity contribution in [3.8, 4) is 17.2 Å². The molecule has 1 fully saturated rings. The van der Waals surface area contributed by atoms with Crippen molar-refractivity contribution in [2.75, 3.05) is 32.9 Å². The highest BCUT2D eigenvalue weighted by Crippen LogP contribution is 2.40. The lowest BCUT2D eigenvalue weighted by Crippen LogP contribution is -2.52. The molecule has 0 aliphatic carbocycles. The number of nitrogens with zero attached hydrogens (tertiary/aromatic N) is 1. The molecule has 0 spiro atoms. The molecule has 1 aliphatic heterocycles. The number of carbonyl (C=O) groups is 2. The van der Waals surface area contributed by atoms with Crippen LogP contribution in [0.1, 0.15) is 42.7 Å². The van der Waals surface area contributed by atoms with Gasteiger partial charge in [0, 0.05) is 23.7 Å². The molecule has 0 radical (unpaired) electrons. The van der Waals surface area contributed by atoms with Gasteiger partial charge in [0.25, 0.3) is 5.91 Å². The Hall–Kier alpha value is -2.93. The van der Waals surface area contributed by atoms with E-state index in [0.29, 0.717) is 66.3 Å². The van der Waals surface area contributed by atoms with Crippen molar-refractivity contribution in [2.45, 2.75) is 26.8 Å². The van der Waals surface area contributed by atoms with E-state index < -0.39 is 6.04 Å². The first kappa shape index (κ1) is 22.7. The normalized spacial score (nSPS) is 15.9. The zero-order valence-electron chi connectivity index (χ0n) is 17.9. The Bertz CT molecular complexity index is 922. The van der Waals surface area contributed by atoms with Crippen LogP contribution in [0.3, 0.4) is 0 Å². The Labute approximate surface area is 187 Å². The van der Waals surface area contributed by atoms with Gasteiger partial charge in [-0.3, -0.25) is 9.59 Å². The maximum atomic E-state index is 13.6. The van der Waals surface area contributed by atoms with E-state index >= 15 is 0 Å². The molecule has 1 N–H and O–H groups in total. The van der Waals surface area contributed by atoms with Crippen LogP contribution in [0.5, 0.6) is 17.2 Å². The summed E-state index contributed by atoms with van der Waals surface area (Å²) in [5.74, 6) is 0.775. The van der Waals surface area contributed by atoms with E-state index in [1.807, 2.05) is 20.8 Å². The van der Waals surface area contributed by atoms with Crippen LogP contribution in [0.4, 0.5) is 0 Å². The van der Waals surface area contributed by atoms with Crippen LogP contribution in [0.15, 0.2) is 36.4 Å². The number of amides is 2. The molecule has 3 rings (SSSR count). The van der Waals surface area contributed by atoms with E-state index in [0.717, 1.165) is 0 Å². The van der Waals surface area contributed by atoms with E-state index in [1.165, 1.54) is 0 Å². The van der Waals surface area contributed by atoms with E-state index in [-0.39, 0.29) is 11.8 Å². The lowest BCUT2D eigenvalue weighted by atomic mass is 10.0. The lowest BCUT2D eigenvalue weighted by Gasteiger charge is -2.35. The SMILES string of the molecule is CCOc1cc(C(=O)N2CCNC(=O)C2c2cccc(Cl)c2)cc(OCC)c1OCC. The molecular weight excluding hydrogens is 420 g/mol. The largest absolute Gasteiger partial charge is 0.490 e. The number of hydrogen-bond acceptors (Lipinski definition) is 5. The summed E-state index contributed by atoms with van der Waals surface area (Å²) in [6, 6.07) is 9.48. The maximum Gasteiger partial charge on any atom is 0.255 e. The zero-order chi connectivity index (χ0) is 22.4. The zero-order valence-corrected chi connectivity index (χ0v) is 18.7. The third-order valence-electron chi connectivity index (χ3n) is 4.79. The first-order chi connectivity index (χ1) is 15.0. The monoisotopic (exact) mass is 446 g/mol. The van der Waals surface area contributed by atoms with Gasteiger partial charge in [-0.05, 0) is 50.6 Å². The fraction of sp³-hybridized carbons (Fsp3) is 0.391. The van der Waals surface area contributed by atoms with Gasteiger partial charge in [0.05, 0.1) is 19.8 Å². The summed E-state index contributed by atoms with van der Waals surface area (Å²) >= 11 is 6.13. The molecule has 1 saturated heterocycles. The molecular formula is C23H27ClN2O5. The fourth-order valence-corrected chi connectivity index (χ4v) is 3.77. The van der Waals surface area contributed by atoms with E-state index in [4.69, 9.17) is 25.8 Å². The number of rotatable bonds is 8. The Morgan fingerprint density at radius 1 is 1.06 bits per heavy atom. The number of halogens is 1. The van der Waals surface area contributed by atoms with Gasteiger partial charge in [0.2, 0.25) is 11.7 Å². The number of ether oxygens (including phenoxy) is 3. The average Bonchev–Trinajstić information content (AvgIpc) is 2.75. The summed E-state index contributed by atoms with van der Waals surface area (Å²) in [7, 11) is 0. The van der Waals surface area contributed by atoms with E-state index in [1.54, 1.807) is 41.3 Å². The summed E-state index contributed by atoms with van der Waals surface area (Å²) in [4.78, 5) is 27.8. The second kappa shape index (κ2) is 10.4. The Balaban J connectivity index is 2.03. The highest BCUT2D eigenvalue weighted by Gasteiger charge is 2.35. The molecule has 1 aliphatic rings. The van der Waals surface area contributed by atoms with Crippen molar-refractivity contribution in [1.29, 1.82) is 0 Å². The predicted molar refractivity (Wildman–Crippen MR) is 118 cm³/mol. The lowest BCUT2D eigenvalue weighted by molar-refractivity contribution is -0.128.